The fourth-order valence-electron chi connectivity index (χ4n) is 4.56. The first kappa shape index (κ1) is 21.4. The summed E-state index contributed by atoms with van der Waals surface area (Å²) in [6, 6.07) is 16.2. The van der Waals surface area contributed by atoms with Gasteiger partial charge in [-0.25, -0.2) is 9.59 Å². The number of amides is 1. The Balaban J connectivity index is 1.27. The van der Waals surface area contributed by atoms with Gasteiger partial charge in [-0.3, -0.25) is 0 Å². The van der Waals surface area contributed by atoms with Crippen LogP contribution in [0.25, 0.3) is 11.1 Å². The molecule has 2 unspecified atom stereocenters. The molecule has 0 radical (unpaired) electrons. The Morgan fingerprint density at radius 2 is 1.58 bits per heavy atom. The number of hydrogen-bond acceptors (Lipinski definition) is 5. The Morgan fingerprint density at radius 1 is 0.968 bits per heavy atom. The first-order valence-electron chi connectivity index (χ1n) is 10.8. The highest BCUT2D eigenvalue weighted by molar-refractivity contribution is 5.79. The van der Waals surface area contributed by atoms with E-state index in [1.807, 2.05) is 45.0 Å². The van der Waals surface area contributed by atoms with Crippen molar-refractivity contribution in [3.63, 3.8) is 0 Å². The molecule has 4 rings (SSSR count). The molecule has 1 N–H and O–H groups in total. The zero-order chi connectivity index (χ0) is 22.0. The molecule has 1 saturated carbocycles. The minimum absolute atomic E-state index is 0.0343. The molecule has 6 heteroatoms. The van der Waals surface area contributed by atoms with Crippen molar-refractivity contribution in [3.8, 4) is 11.1 Å². The van der Waals surface area contributed by atoms with Gasteiger partial charge in [0.05, 0.1) is 17.6 Å². The van der Waals surface area contributed by atoms with Crippen molar-refractivity contribution in [2.75, 3.05) is 6.61 Å². The lowest BCUT2D eigenvalue weighted by Gasteiger charge is -2.24. The smallest absolute Gasteiger partial charge is 0.440 e. The van der Waals surface area contributed by atoms with Gasteiger partial charge in [-0.15, -0.1) is 5.48 Å². The summed E-state index contributed by atoms with van der Waals surface area (Å²) < 4.78 is 11.3. The van der Waals surface area contributed by atoms with Crippen LogP contribution in [-0.2, 0) is 19.1 Å². The number of rotatable bonds is 4. The average Bonchev–Trinajstić information content (AvgIpc) is 3.32. The van der Waals surface area contributed by atoms with Crippen molar-refractivity contribution in [1.29, 1.82) is 0 Å². The first-order valence-corrected chi connectivity index (χ1v) is 10.8. The molecule has 0 bridgehead atoms. The molecule has 0 aromatic heterocycles. The Hall–Kier alpha value is -2.86. The van der Waals surface area contributed by atoms with Crippen LogP contribution in [0.2, 0.25) is 0 Å². The van der Waals surface area contributed by atoms with Gasteiger partial charge in [0.2, 0.25) is 0 Å². The molecule has 2 aromatic rings. The van der Waals surface area contributed by atoms with Crippen molar-refractivity contribution >= 4 is 12.1 Å². The van der Waals surface area contributed by atoms with E-state index in [9.17, 15) is 9.59 Å². The van der Waals surface area contributed by atoms with Crippen LogP contribution in [0.4, 0.5) is 4.79 Å². The highest BCUT2D eigenvalue weighted by atomic mass is 16.7. The Kier molecular flexibility index (Phi) is 6.01. The van der Waals surface area contributed by atoms with Crippen molar-refractivity contribution in [3.05, 3.63) is 59.7 Å². The second-order valence-electron chi connectivity index (χ2n) is 9.21. The van der Waals surface area contributed by atoms with Crippen LogP contribution in [0.1, 0.15) is 57.1 Å². The molecule has 2 atom stereocenters. The number of hydroxylamine groups is 1. The summed E-state index contributed by atoms with van der Waals surface area (Å²) in [5, 5.41) is 0. The lowest BCUT2D eigenvalue weighted by Crippen LogP contribution is -2.32. The first-order chi connectivity index (χ1) is 14.8. The molecule has 0 heterocycles. The SMILES string of the molecule is CC(C)(C)OC1CCC(C(=O)ONC(=O)OCC2c3ccccc3-c3ccccc32)C1. The minimum Gasteiger partial charge on any atom is -0.446 e. The van der Waals surface area contributed by atoms with E-state index in [1.54, 1.807) is 0 Å². The van der Waals surface area contributed by atoms with Gasteiger partial charge in [0.15, 0.2) is 0 Å². The van der Waals surface area contributed by atoms with Crippen LogP contribution < -0.4 is 5.48 Å². The van der Waals surface area contributed by atoms with Crippen molar-refractivity contribution in [1.82, 2.24) is 5.48 Å². The third-order valence-electron chi connectivity index (χ3n) is 5.82. The maximum absolute atomic E-state index is 12.3. The quantitative estimate of drug-likeness (QED) is 0.703. The van der Waals surface area contributed by atoms with E-state index in [-0.39, 0.29) is 30.1 Å². The largest absolute Gasteiger partial charge is 0.446 e. The van der Waals surface area contributed by atoms with Gasteiger partial charge in [0, 0.05) is 5.92 Å². The fourth-order valence-corrected chi connectivity index (χ4v) is 4.56. The zero-order valence-corrected chi connectivity index (χ0v) is 18.2. The number of fused-ring (bicyclic) bond motifs is 3. The van der Waals surface area contributed by atoms with Crippen LogP contribution in [0, 0.1) is 5.92 Å². The third kappa shape index (κ3) is 4.90. The summed E-state index contributed by atoms with van der Waals surface area (Å²) in [6.45, 7) is 6.16. The van der Waals surface area contributed by atoms with Crippen molar-refractivity contribution in [2.45, 2.75) is 57.7 Å². The molecule has 1 fully saturated rings. The maximum Gasteiger partial charge on any atom is 0.440 e. The predicted molar refractivity (Wildman–Crippen MR) is 116 cm³/mol. The van der Waals surface area contributed by atoms with E-state index in [1.165, 1.54) is 0 Å². The van der Waals surface area contributed by atoms with Crippen LogP contribution in [0.15, 0.2) is 48.5 Å². The summed E-state index contributed by atoms with van der Waals surface area (Å²) in [5.74, 6) is -0.770. The van der Waals surface area contributed by atoms with Crippen molar-refractivity contribution < 1.29 is 23.9 Å². The predicted octanol–water partition coefficient (Wildman–Crippen LogP) is 4.97. The molecular weight excluding hydrogens is 394 g/mol. The second-order valence-corrected chi connectivity index (χ2v) is 9.21. The fraction of sp³-hybridized carbons (Fsp3) is 0.440. The maximum atomic E-state index is 12.3. The van der Waals surface area contributed by atoms with Gasteiger partial charge in [-0.05, 0) is 62.3 Å². The average molecular weight is 424 g/mol. The number of ether oxygens (including phenoxy) is 2. The lowest BCUT2D eigenvalue weighted by atomic mass is 9.98. The lowest BCUT2D eigenvalue weighted by molar-refractivity contribution is -0.155. The highest BCUT2D eigenvalue weighted by Crippen LogP contribution is 2.44. The van der Waals surface area contributed by atoms with E-state index in [0.29, 0.717) is 12.8 Å². The Labute approximate surface area is 182 Å². The molecule has 6 nitrogen and oxygen atoms in total. The van der Waals surface area contributed by atoms with Crippen LogP contribution in [0.5, 0.6) is 0 Å². The molecular formula is C25H29NO5. The zero-order valence-electron chi connectivity index (χ0n) is 18.2. The standard InChI is InChI=1S/C25H29NO5/c1-25(2,3)30-17-13-12-16(14-17)23(27)31-26-24(28)29-15-22-20-10-6-4-8-18(20)19-9-5-7-11-21(19)22/h4-11,16-17,22H,12-15H2,1-3H3,(H,26,28). The normalized spacial score (nSPS) is 20.1. The molecule has 0 spiro atoms. The van der Waals surface area contributed by atoms with Gasteiger partial charge < -0.3 is 14.3 Å². The van der Waals surface area contributed by atoms with Crippen LogP contribution >= 0.6 is 0 Å². The summed E-state index contributed by atoms with van der Waals surface area (Å²) in [6.07, 6.45) is 1.36. The summed E-state index contributed by atoms with van der Waals surface area (Å²) in [7, 11) is 0. The number of carbonyl (C=O) groups is 2. The van der Waals surface area contributed by atoms with E-state index in [0.717, 1.165) is 28.7 Å². The molecule has 2 aromatic carbocycles. The van der Waals surface area contributed by atoms with E-state index < -0.39 is 12.1 Å². The Morgan fingerprint density at radius 3 is 2.19 bits per heavy atom. The minimum atomic E-state index is -0.768. The number of benzene rings is 2. The molecule has 0 aliphatic heterocycles. The topological polar surface area (TPSA) is 73.9 Å². The molecule has 0 saturated heterocycles. The number of hydrogen-bond donors (Lipinski definition) is 1. The van der Waals surface area contributed by atoms with Gasteiger partial charge in [0.1, 0.15) is 6.61 Å². The van der Waals surface area contributed by atoms with E-state index in [4.69, 9.17) is 14.3 Å². The van der Waals surface area contributed by atoms with Gasteiger partial charge in [-0.1, -0.05) is 48.5 Å². The van der Waals surface area contributed by atoms with Crippen molar-refractivity contribution in [2.24, 2.45) is 5.92 Å². The van der Waals surface area contributed by atoms with Crippen LogP contribution in [0.3, 0.4) is 0 Å². The third-order valence-corrected chi connectivity index (χ3v) is 5.82. The van der Waals surface area contributed by atoms with E-state index >= 15 is 0 Å². The molecule has 31 heavy (non-hydrogen) atoms. The summed E-state index contributed by atoms with van der Waals surface area (Å²) >= 11 is 0. The number of nitrogens with one attached hydrogen (secondary N) is 1. The van der Waals surface area contributed by atoms with Crippen LogP contribution in [-0.4, -0.2) is 30.4 Å². The van der Waals surface area contributed by atoms with Gasteiger partial charge >= 0.3 is 12.1 Å². The highest BCUT2D eigenvalue weighted by Gasteiger charge is 2.34. The van der Waals surface area contributed by atoms with Gasteiger partial charge in [-0.2, -0.15) is 0 Å². The molecule has 164 valence electrons. The Bertz CT molecular complexity index is 919. The van der Waals surface area contributed by atoms with E-state index in [2.05, 4.69) is 29.7 Å². The molecule has 2 aliphatic carbocycles. The summed E-state index contributed by atoms with van der Waals surface area (Å²) in [5.41, 5.74) is 6.47. The van der Waals surface area contributed by atoms with Gasteiger partial charge in [0.25, 0.3) is 0 Å². The summed E-state index contributed by atoms with van der Waals surface area (Å²) in [4.78, 5) is 29.5. The molecule has 2 aliphatic rings. The number of carbonyl (C=O) groups excluding carboxylic acids is 2. The molecule has 1 amide bonds. The second kappa shape index (κ2) is 8.71. The monoisotopic (exact) mass is 423 g/mol.